The minimum atomic E-state index is -0.633. The number of fused-ring (bicyclic) bond motifs is 1. The molecule has 1 N–H and O–H groups in total. The van der Waals surface area contributed by atoms with Gasteiger partial charge < -0.3 is 14.2 Å². The average Bonchev–Trinajstić information content (AvgIpc) is 2.90. The van der Waals surface area contributed by atoms with Crippen LogP contribution in [0.5, 0.6) is 5.88 Å². The Bertz CT molecular complexity index is 844. The van der Waals surface area contributed by atoms with Crippen molar-refractivity contribution in [2.45, 2.75) is 0 Å². The summed E-state index contributed by atoms with van der Waals surface area (Å²) in [6.45, 7) is 0. The second-order valence-corrected chi connectivity index (χ2v) is 5.13. The maximum atomic E-state index is 12.1. The Kier molecular flexibility index (Phi) is 3.80. The molecule has 118 valence electrons. The van der Waals surface area contributed by atoms with E-state index in [0.29, 0.717) is 22.8 Å². The van der Waals surface area contributed by atoms with E-state index in [2.05, 4.69) is 20.3 Å². The highest BCUT2D eigenvalue weighted by molar-refractivity contribution is 5.88. The molecule has 8 nitrogen and oxygen atoms in total. The Hall–Kier alpha value is -3.16. The molecule has 0 radical (unpaired) electrons. The number of benzene rings is 1. The monoisotopic (exact) mass is 312 g/mol. The zero-order valence-electron chi connectivity index (χ0n) is 13.0. The highest BCUT2D eigenvalue weighted by atomic mass is 16.6. The number of imidazole rings is 1. The first-order valence-corrected chi connectivity index (χ1v) is 6.95. The van der Waals surface area contributed by atoms with E-state index >= 15 is 0 Å². The Morgan fingerprint density at radius 1 is 1.22 bits per heavy atom. The van der Waals surface area contributed by atoms with Crippen molar-refractivity contribution in [1.29, 1.82) is 0 Å². The molecule has 0 bridgehead atoms. The van der Waals surface area contributed by atoms with Gasteiger partial charge in [0.05, 0.1) is 6.33 Å². The number of hydrogen-bond donors (Lipinski definition) is 1. The number of aryl methyl sites for hydroxylation is 1. The van der Waals surface area contributed by atoms with Gasteiger partial charge in [-0.15, -0.1) is 0 Å². The van der Waals surface area contributed by atoms with Crippen LogP contribution in [-0.2, 0) is 7.05 Å². The Balaban J connectivity index is 1.91. The molecule has 8 heteroatoms. The standard InChI is InChI=1S/C15H16N6O2/c1-20(2)14-18-12-11(16-9-21(12)3)13(19-14)23-15(22)17-10-7-5-4-6-8-10/h4-9H,1-3H3,(H,17,22). The molecular weight excluding hydrogens is 296 g/mol. The summed E-state index contributed by atoms with van der Waals surface area (Å²) >= 11 is 0. The van der Waals surface area contributed by atoms with Crippen LogP contribution in [0.3, 0.4) is 0 Å². The molecule has 1 aromatic carbocycles. The topological polar surface area (TPSA) is 85.2 Å². The molecule has 1 amide bonds. The van der Waals surface area contributed by atoms with Gasteiger partial charge in [0.25, 0.3) is 5.88 Å². The van der Waals surface area contributed by atoms with Gasteiger partial charge in [-0.25, -0.2) is 9.78 Å². The van der Waals surface area contributed by atoms with Crippen molar-refractivity contribution < 1.29 is 9.53 Å². The second kappa shape index (κ2) is 5.91. The second-order valence-electron chi connectivity index (χ2n) is 5.13. The quantitative estimate of drug-likeness (QED) is 0.796. The van der Waals surface area contributed by atoms with Crippen molar-refractivity contribution in [3.05, 3.63) is 36.7 Å². The lowest BCUT2D eigenvalue weighted by Gasteiger charge is -2.12. The van der Waals surface area contributed by atoms with Gasteiger partial charge in [0.15, 0.2) is 11.2 Å². The highest BCUT2D eigenvalue weighted by Gasteiger charge is 2.17. The zero-order valence-corrected chi connectivity index (χ0v) is 13.0. The fourth-order valence-electron chi connectivity index (χ4n) is 1.99. The normalized spacial score (nSPS) is 10.6. The van der Waals surface area contributed by atoms with Crippen molar-refractivity contribution >= 4 is 28.9 Å². The van der Waals surface area contributed by atoms with Crippen molar-refractivity contribution in [2.75, 3.05) is 24.3 Å². The Labute approximate surface area is 132 Å². The van der Waals surface area contributed by atoms with E-state index < -0.39 is 6.09 Å². The van der Waals surface area contributed by atoms with Crippen LogP contribution in [0.2, 0.25) is 0 Å². The van der Waals surface area contributed by atoms with Crippen LogP contribution < -0.4 is 15.0 Å². The van der Waals surface area contributed by atoms with Crippen LogP contribution in [0, 0.1) is 0 Å². The number of carbonyl (C=O) groups is 1. The van der Waals surface area contributed by atoms with E-state index in [1.165, 1.54) is 0 Å². The fourth-order valence-corrected chi connectivity index (χ4v) is 1.99. The van der Waals surface area contributed by atoms with Crippen LogP contribution in [0.1, 0.15) is 0 Å². The largest absolute Gasteiger partial charge is 0.418 e. The third kappa shape index (κ3) is 3.05. The maximum Gasteiger partial charge on any atom is 0.418 e. The third-order valence-corrected chi connectivity index (χ3v) is 3.13. The molecule has 3 rings (SSSR count). The maximum absolute atomic E-state index is 12.1. The van der Waals surface area contributed by atoms with E-state index in [9.17, 15) is 4.79 Å². The Morgan fingerprint density at radius 3 is 2.65 bits per heavy atom. The lowest BCUT2D eigenvalue weighted by molar-refractivity contribution is 0.214. The van der Waals surface area contributed by atoms with E-state index in [-0.39, 0.29) is 5.88 Å². The minimum Gasteiger partial charge on any atom is -0.388 e. The number of ether oxygens (including phenoxy) is 1. The van der Waals surface area contributed by atoms with Crippen LogP contribution in [-0.4, -0.2) is 39.7 Å². The summed E-state index contributed by atoms with van der Waals surface area (Å²) < 4.78 is 7.07. The molecule has 2 heterocycles. The average molecular weight is 312 g/mol. The number of hydrogen-bond acceptors (Lipinski definition) is 6. The predicted molar refractivity (Wildman–Crippen MR) is 86.7 cm³/mol. The fraction of sp³-hybridized carbons (Fsp3) is 0.200. The summed E-state index contributed by atoms with van der Waals surface area (Å²) in [7, 11) is 5.44. The zero-order chi connectivity index (χ0) is 16.4. The van der Waals surface area contributed by atoms with Gasteiger partial charge in [-0.2, -0.15) is 9.97 Å². The van der Waals surface area contributed by atoms with E-state index in [4.69, 9.17) is 4.74 Å². The minimum absolute atomic E-state index is 0.118. The first kappa shape index (κ1) is 14.8. The van der Waals surface area contributed by atoms with E-state index in [1.807, 2.05) is 39.3 Å². The summed E-state index contributed by atoms with van der Waals surface area (Å²) in [6.07, 6.45) is 0.965. The molecule has 2 aromatic heterocycles. The lowest BCUT2D eigenvalue weighted by Crippen LogP contribution is -2.19. The van der Waals surface area contributed by atoms with Crippen LogP contribution in [0.25, 0.3) is 11.2 Å². The number of rotatable bonds is 3. The van der Waals surface area contributed by atoms with Gasteiger partial charge in [-0.05, 0) is 12.1 Å². The van der Waals surface area contributed by atoms with E-state index in [0.717, 1.165) is 0 Å². The summed E-state index contributed by atoms with van der Waals surface area (Å²) in [5, 5.41) is 2.64. The van der Waals surface area contributed by atoms with Gasteiger partial charge in [-0.3, -0.25) is 5.32 Å². The molecule has 0 atom stereocenters. The van der Waals surface area contributed by atoms with Gasteiger partial charge in [-0.1, -0.05) is 18.2 Å². The van der Waals surface area contributed by atoms with E-state index in [1.54, 1.807) is 27.9 Å². The Morgan fingerprint density at radius 2 is 1.96 bits per heavy atom. The van der Waals surface area contributed by atoms with Crippen LogP contribution >= 0.6 is 0 Å². The molecule has 3 aromatic rings. The number of carbonyl (C=O) groups excluding carboxylic acids is 1. The lowest BCUT2D eigenvalue weighted by atomic mass is 10.3. The van der Waals surface area contributed by atoms with Crippen molar-refractivity contribution in [3.8, 4) is 5.88 Å². The van der Waals surface area contributed by atoms with Gasteiger partial charge >= 0.3 is 6.09 Å². The predicted octanol–water partition coefficient (Wildman–Crippen LogP) is 2.04. The molecule has 23 heavy (non-hydrogen) atoms. The number of anilines is 2. The SMILES string of the molecule is CN(C)c1nc(OC(=O)Nc2ccccc2)c2ncn(C)c2n1. The molecule has 0 saturated carbocycles. The van der Waals surface area contributed by atoms with Gasteiger partial charge in [0.2, 0.25) is 5.95 Å². The van der Waals surface area contributed by atoms with Crippen molar-refractivity contribution in [3.63, 3.8) is 0 Å². The summed E-state index contributed by atoms with van der Waals surface area (Å²) in [5.41, 5.74) is 1.66. The van der Waals surface area contributed by atoms with Crippen molar-refractivity contribution in [1.82, 2.24) is 19.5 Å². The number of amides is 1. The first-order chi connectivity index (χ1) is 11.0. The summed E-state index contributed by atoms with van der Waals surface area (Å²) in [5.74, 6) is 0.552. The van der Waals surface area contributed by atoms with Crippen LogP contribution in [0.4, 0.5) is 16.4 Å². The molecule has 0 saturated heterocycles. The smallest absolute Gasteiger partial charge is 0.388 e. The molecule has 0 aliphatic rings. The van der Waals surface area contributed by atoms with Gasteiger partial charge in [0, 0.05) is 26.8 Å². The summed E-state index contributed by atoms with van der Waals surface area (Å²) in [6, 6.07) is 9.04. The molecule has 0 unspecified atom stereocenters. The molecule has 0 aliphatic carbocycles. The molecule has 0 aliphatic heterocycles. The van der Waals surface area contributed by atoms with Gasteiger partial charge in [0.1, 0.15) is 0 Å². The number of aromatic nitrogens is 4. The van der Waals surface area contributed by atoms with Crippen molar-refractivity contribution in [2.24, 2.45) is 7.05 Å². The molecule has 0 fully saturated rings. The highest BCUT2D eigenvalue weighted by Crippen LogP contribution is 2.23. The molecule has 0 spiro atoms. The third-order valence-electron chi connectivity index (χ3n) is 3.13. The molecular formula is C15H16N6O2. The number of para-hydroxylation sites is 1. The number of nitrogens with one attached hydrogen (secondary N) is 1. The van der Waals surface area contributed by atoms with Crippen LogP contribution in [0.15, 0.2) is 36.7 Å². The first-order valence-electron chi connectivity index (χ1n) is 6.95. The summed E-state index contributed by atoms with van der Waals surface area (Å²) in [4.78, 5) is 26.6. The number of nitrogens with zero attached hydrogens (tertiary/aromatic N) is 5.